The van der Waals surface area contributed by atoms with Gasteiger partial charge in [-0.1, -0.05) is 6.07 Å². The van der Waals surface area contributed by atoms with Crippen molar-refractivity contribution in [2.45, 2.75) is 0 Å². The van der Waals surface area contributed by atoms with Gasteiger partial charge in [-0.2, -0.15) is 0 Å². The molecule has 0 radical (unpaired) electrons. The smallest absolute Gasteiger partial charge is 0.385 e. The van der Waals surface area contributed by atoms with Gasteiger partial charge < -0.3 is 4.74 Å². The molecule has 0 N–H and O–H groups in total. The Hall–Kier alpha value is -0.910. The molecule has 0 unspecified atom stereocenters. The molecule has 1 aromatic rings. The van der Waals surface area contributed by atoms with Crippen molar-refractivity contribution < 1.29 is 14.3 Å². The van der Waals surface area contributed by atoms with Gasteiger partial charge >= 0.3 is 5.97 Å². The first kappa shape index (κ1) is 7.72. The first-order valence-electron chi connectivity index (χ1n) is 3.25. The summed E-state index contributed by atoms with van der Waals surface area (Å²) in [5.74, 6) is -0.939. The standard InChI is InChI=1S/C8H3IO3/c9-5-3-1-2-4-6(10)8(11)12-7(4)5/h1-3H. The maximum absolute atomic E-state index is 11.1. The van der Waals surface area contributed by atoms with Crippen molar-refractivity contribution in [3.63, 3.8) is 0 Å². The Labute approximate surface area is 81.9 Å². The van der Waals surface area contributed by atoms with Crippen LogP contribution < -0.4 is 4.74 Å². The summed E-state index contributed by atoms with van der Waals surface area (Å²) in [5.41, 5.74) is 0.368. The van der Waals surface area contributed by atoms with Crippen LogP contribution in [0.3, 0.4) is 0 Å². The Kier molecular flexibility index (Phi) is 1.64. The van der Waals surface area contributed by atoms with Crippen molar-refractivity contribution in [2.75, 3.05) is 0 Å². The highest BCUT2D eigenvalue weighted by Crippen LogP contribution is 2.30. The number of hydrogen-bond acceptors (Lipinski definition) is 3. The van der Waals surface area contributed by atoms with Crippen LogP contribution in [0.5, 0.6) is 5.75 Å². The number of esters is 1. The molecule has 1 aromatic carbocycles. The lowest BCUT2D eigenvalue weighted by Gasteiger charge is -1.96. The highest BCUT2D eigenvalue weighted by atomic mass is 127. The van der Waals surface area contributed by atoms with E-state index in [0.29, 0.717) is 11.3 Å². The summed E-state index contributed by atoms with van der Waals surface area (Å²) in [6.07, 6.45) is 0. The van der Waals surface area contributed by atoms with Crippen molar-refractivity contribution in [2.24, 2.45) is 0 Å². The van der Waals surface area contributed by atoms with Gasteiger partial charge in [-0.15, -0.1) is 0 Å². The zero-order chi connectivity index (χ0) is 8.72. The molecule has 0 spiro atoms. The number of para-hydroxylation sites is 1. The van der Waals surface area contributed by atoms with Crippen molar-refractivity contribution >= 4 is 34.3 Å². The van der Waals surface area contributed by atoms with Gasteiger partial charge in [0.05, 0.1) is 9.13 Å². The number of benzene rings is 1. The highest BCUT2D eigenvalue weighted by Gasteiger charge is 2.31. The fourth-order valence-electron chi connectivity index (χ4n) is 1.04. The molecule has 3 nitrogen and oxygen atoms in total. The highest BCUT2D eigenvalue weighted by molar-refractivity contribution is 14.1. The topological polar surface area (TPSA) is 43.4 Å². The number of halogens is 1. The normalized spacial score (nSPS) is 14.4. The molecule has 4 heteroatoms. The van der Waals surface area contributed by atoms with E-state index < -0.39 is 11.8 Å². The Morgan fingerprint density at radius 3 is 2.67 bits per heavy atom. The van der Waals surface area contributed by atoms with Crippen LogP contribution in [-0.4, -0.2) is 11.8 Å². The summed E-state index contributed by atoms with van der Waals surface area (Å²) >= 11 is 2.02. The average molecular weight is 274 g/mol. The maximum Gasteiger partial charge on any atom is 0.385 e. The molecule has 60 valence electrons. The van der Waals surface area contributed by atoms with Gasteiger partial charge in [-0.3, -0.25) is 4.79 Å². The number of ketones is 1. The number of Topliss-reactive ketones (excluding diaryl/α,β-unsaturated/α-hetero) is 1. The molecule has 0 aliphatic carbocycles. The van der Waals surface area contributed by atoms with E-state index in [1.54, 1.807) is 18.2 Å². The monoisotopic (exact) mass is 274 g/mol. The van der Waals surface area contributed by atoms with Gasteiger partial charge in [0, 0.05) is 0 Å². The Morgan fingerprint density at radius 1 is 1.25 bits per heavy atom. The van der Waals surface area contributed by atoms with Crippen LogP contribution in [-0.2, 0) is 4.79 Å². The van der Waals surface area contributed by atoms with Gasteiger partial charge in [0.2, 0.25) is 0 Å². The molecule has 0 saturated carbocycles. The number of carbonyl (C=O) groups is 2. The molecule has 0 amide bonds. The molecule has 0 aromatic heterocycles. The molecule has 12 heavy (non-hydrogen) atoms. The second kappa shape index (κ2) is 2.55. The fraction of sp³-hybridized carbons (Fsp3) is 0. The van der Waals surface area contributed by atoms with Crippen molar-refractivity contribution in [1.29, 1.82) is 0 Å². The first-order chi connectivity index (χ1) is 5.70. The molecular formula is C8H3IO3. The minimum atomic E-state index is -0.783. The van der Waals surface area contributed by atoms with Gasteiger partial charge in [0.25, 0.3) is 5.78 Å². The Balaban J connectivity index is 2.68. The quantitative estimate of drug-likeness (QED) is 0.311. The second-order valence-electron chi connectivity index (χ2n) is 2.34. The molecule has 1 aliphatic heterocycles. The third-order valence-electron chi connectivity index (χ3n) is 1.59. The van der Waals surface area contributed by atoms with Crippen molar-refractivity contribution in [1.82, 2.24) is 0 Å². The number of ether oxygens (including phenoxy) is 1. The predicted octanol–water partition coefficient (Wildman–Crippen LogP) is 1.39. The van der Waals surface area contributed by atoms with Crippen LogP contribution in [0.25, 0.3) is 0 Å². The van der Waals surface area contributed by atoms with Gasteiger partial charge in [-0.25, -0.2) is 4.79 Å². The predicted molar refractivity (Wildman–Crippen MR) is 49.1 cm³/mol. The summed E-state index contributed by atoms with van der Waals surface area (Å²) in [6, 6.07) is 5.09. The van der Waals surface area contributed by atoms with Crippen LogP contribution in [0.1, 0.15) is 10.4 Å². The van der Waals surface area contributed by atoms with E-state index in [0.717, 1.165) is 3.57 Å². The van der Waals surface area contributed by atoms with Gasteiger partial charge in [0.1, 0.15) is 0 Å². The van der Waals surface area contributed by atoms with E-state index in [4.69, 9.17) is 4.74 Å². The summed E-state index contributed by atoms with van der Waals surface area (Å²) in [6.45, 7) is 0. The van der Waals surface area contributed by atoms with E-state index in [1.165, 1.54) is 0 Å². The minimum absolute atomic E-state index is 0.368. The first-order valence-corrected chi connectivity index (χ1v) is 4.33. The molecule has 0 fully saturated rings. The van der Waals surface area contributed by atoms with Crippen LogP contribution in [0.4, 0.5) is 0 Å². The van der Waals surface area contributed by atoms with E-state index in [9.17, 15) is 9.59 Å². The largest absolute Gasteiger partial charge is 0.419 e. The van der Waals surface area contributed by atoms with E-state index in [2.05, 4.69) is 0 Å². The molecular weight excluding hydrogens is 271 g/mol. The summed E-state index contributed by atoms with van der Waals surface area (Å²) in [4.78, 5) is 21.9. The van der Waals surface area contributed by atoms with E-state index in [-0.39, 0.29) is 0 Å². The molecule has 0 saturated heterocycles. The summed E-state index contributed by atoms with van der Waals surface area (Å²) in [5, 5.41) is 0. The van der Waals surface area contributed by atoms with Crippen LogP contribution in [0.15, 0.2) is 18.2 Å². The summed E-state index contributed by atoms with van der Waals surface area (Å²) in [7, 11) is 0. The fourth-order valence-corrected chi connectivity index (χ4v) is 1.65. The number of fused-ring (bicyclic) bond motifs is 1. The van der Waals surface area contributed by atoms with Crippen LogP contribution in [0.2, 0.25) is 0 Å². The lowest BCUT2D eigenvalue weighted by molar-refractivity contribution is -0.128. The number of carbonyl (C=O) groups excluding carboxylic acids is 2. The van der Waals surface area contributed by atoms with Crippen molar-refractivity contribution in [3.05, 3.63) is 27.3 Å². The third-order valence-corrected chi connectivity index (χ3v) is 2.44. The van der Waals surface area contributed by atoms with Crippen LogP contribution >= 0.6 is 22.6 Å². The lowest BCUT2D eigenvalue weighted by atomic mass is 10.1. The second-order valence-corrected chi connectivity index (χ2v) is 3.50. The molecule has 2 rings (SSSR count). The van der Waals surface area contributed by atoms with Gasteiger partial charge in [0.15, 0.2) is 5.75 Å². The third kappa shape index (κ3) is 0.945. The van der Waals surface area contributed by atoms with Crippen molar-refractivity contribution in [3.8, 4) is 5.75 Å². The minimum Gasteiger partial charge on any atom is -0.419 e. The number of rotatable bonds is 0. The SMILES string of the molecule is O=C1Oc2c(I)cccc2C1=O. The maximum atomic E-state index is 11.1. The van der Waals surface area contributed by atoms with Gasteiger partial charge in [-0.05, 0) is 34.7 Å². The molecule has 1 heterocycles. The lowest BCUT2D eigenvalue weighted by Crippen LogP contribution is -2.10. The molecule has 0 bridgehead atoms. The number of hydrogen-bond donors (Lipinski definition) is 0. The summed E-state index contributed by atoms with van der Waals surface area (Å²) < 4.78 is 5.54. The van der Waals surface area contributed by atoms with E-state index >= 15 is 0 Å². The molecule has 1 aliphatic rings. The van der Waals surface area contributed by atoms with E-state index in [1.807, 2.05) is 22.6 Å². The zero-order valence-corrected chi connectivity index (χ0v) is 7.99. The average Bonchev–Trinajstić information content (AvgIpc) is 2.32. The molecule has 0 atom stereocenters. The Morgan fingerprint density at radius 2 is 2.00 bits per heavy atom. The zero-order valence-electron chi connectivity index (χ0n) is 5.83. The van der Waals surface area contributed by atoms with Crippen LogP contribution in [0, 0.1) is 3.57 Å². The Bertz CT molecular complexity index is 384.